The van der Waals surface area contributed by atoms with E-state index in [2.05, 4.69) is 80.9 Å². The fourth-order valence-electron chi connectivity index (χ4n) is 6.94. The minimum Gasteiger partial charge on any atom is -0.490 e. The van der Waals surface area contributed by atoms with E-state index < -0.39 is 0 Å². The topological polar surface area (TPSA) is 83.7 Å². The van der Waals surface area contributed by atoms with Gasteiger partial charge in [-0.1, -0.05) is 36.4 Å². The first-order valence-corrected chi connectivity index (χ1v) is 19.6. The molecule has 4 heterocycles. The molecule has 8 nitrogen and oxygen atoms in total. The van der Waals surface area contributed by atoms with Crippen LogP contribution in [0.3, 0.4) is 0 Å². The maximum Gasteiger partial charge on any atom is 0.202 e. The number of allylic oxidation sites excluding steroid dienone is 4. The largest absolute Gasteiger partial charge is 0.490 e. The van der Waals surface area contributed by atoms with Crippen LogP contribution in [0.1, 0.15) is 28.7 Å². The highest BCUT2D eigenvalue weighted by atomic mass is 16.7. The van der Waals surface area contributed by atoms with Crippen LogP contribution in [0.15, 0.2) is 111 Å². The van der Waals surface area contributed by atoms with Crippen LogP contribution < -0.4 is 18.9 Å². The molecule has 4 fully saturated rings. The summed E-state index contributed by atoms with van der Waals surface area (Å²) >= 11 is 0. The van der Waals surface area contributed by atoms with Crippen molar-refractivity contribution in [1.82, 2.24) is 0 Å². The van der Waals surface area contributed by atoms with Gasteiger partial charge in [-0.2, -0.15) is 0 Å². The van der Waals surface area contributed by atoms with Crippen molar-refractivity contribution in [2.75, 3.05) is 46.2 Å². The Morgan fingerprint density at radius 2 is 1.02 bits per heavy atom. The van der Waals surface area contributed by atoms with Crippen molar-refractivity contribution in [2.24, 2.45) is 0 Å². The summed E-state index contributed by atoms with van der Waals surface area (Å²) in [5.41, 5.74) is 10.2. The summed E-state index contributed by atoms with van der Waals surface area (Å²) in [6.07, 6.45) is 11.2. The van der Waals surface area contributed by atoms with Gasteiger partial charge in [-0.3, -0.25) is 0 Å². The van der Waals surface area contributed by atoms with Gasteiger partial charge in [0.05, 0.1) is 26.4 Å². The molecule has 0 saturated carbocycles. The van der Waals surface area contributed by atoms with Crippen molar-refractivity contribution in [1.29, 1.82) is 0 Å². The van der Waals surface area contributed by atoms with Gasteiger partial charge in [0.1, 0.15) is 61.1 Å². The van der Waals surface area contributed by atoms with E-state index in [9.17, 15) is 0 Å². The van der Waals surface area contributed by atoms with E-state index in [0.717, 1.165) is 98.3 Å². The quantitative estimate of drug-likeness (QED) is 0.0581. The van der Waals surface area contributed by atoms with E-state index in [0.29, 0.717) is 58.7 Å². The van der Waals surface area contributed by atoms with E-state index in [1.165, 1.54) is 0 Å². The van der Waals surface area contributed by atoms with Crippen molar-refractivity contribution in [2.45, 2.75) is 56.7 Å². The second-order valence-corrected chi connectivity index (χ2v) is 14.6. The van der Waals surface area contributed by atoms with Crippen LogP contribution in [0.5, 0.6) is 23.0 Å². The monoisotopic (exact) mass is 754 g/mol. The molecule has 4 aliphatic heterocycles. The minimum atomic E-state index is -0.215. The fraction of sp³-hybridized carbons (Fsp3) is 0.333. The zero-order valence-electron chi connectivity index (χ0n) is 32.0. The zero-order valence-corrected chi connectivity index (χ0v) is 32.0. The number of rotatable bonds is 22. The summed E-state index contributed by atoms with van der Waals surface area (Å²) < 4.78 is 47.9. The Hall–Kier alpha value is -5.12. The van der Waals surface area contributed by atoms with Crippen LogP contribution in [0.4, 0.5) is 0 Å². The molecule has 0 aliphatic carbocycles. The summed E-state index contributed by atoms with van der Waals surface area (Å²) in [5, 5.41) is 0. The molecule has 4 aromatic rings. The van der Waals surface area contributed by atoms with Gasteiger partial charge in [0.2, 0.25) is 6.29 Å². The SMILES string of the molecule is C=CCc1cc(-c2cc(CC=C)c(OCC3CO3)cc2-c2cc(-c3ccc(OC4CCO4)c(CC=C)c3)cc(CC=C)c2OCC2CO2)ccc1OCC1CO1. The second kappa shape index (κ2) is 17.3. The first-order chi connectivity index (χ1) is 27.5. The van der Waals surface area contributed by atoms with Gasteiger partial charge in [-0.05, 0) is 124 Å². The maximum atomic E-state index is 6.75. The van der Waals surface area contributed by atoms with E-state index in [-0.39, 0.29) is 24.6 Å². The third kappa shape index (κ3) is 9.11. The summed E-state index contributed by atoms with van der Waals surface area (Å²) in [4.78, 5) is 0. The predicted octanol–water partition coefficient (Wildman–Crippen LogP) is 9.06. The molecular formula is C48H50O8. The molecule has 290 valence electrons. The van der Waals surface area contributed by atoms with Gasteiger partial charge in [0, 0.05) is 12.0 Å². The van der Waals surface area contributed by atoms with Crippen LogP contribution in [0, 0.1) is 0 Å². The molecule has 0 amide bonds. The van der Waals surface area contributed by atoms with Gasteiger partial charge < -0.3 is 37.9 Å². The highest BCUT2D eigenvalue weighted by Gasteiger charge is 2.28. The Labute approximate surface area is 329 Å². The Morgan fingerprint density at radius 1 is 0.500 bits per heavy atom. The normalized spacial score (nSPS) is 20.3. The van der Waals surface area contributed by atoms with Gasteiger partial charge >= 0.3 is 0 Å². The number of epoxide rings is 3. The van der Waals surface area contributed by atoms with Crippen LogP contribution in [0.2, 0.25) is 0 Å². The standard InChI is InChI=1S/C48H50O8/c1-5-9-33-20-32(14-15-44(33)53-28-38-25-50-38)41-22-35(11-7-3)46(54-29-39-26-51-39)24-42(41)43-23-37(21-36(12-8-4)48(43)55-30-40-27-52-40)31-13-16-45(34(19-31)10-6-2)56-47-17-18-49-47/h5-8,13-16,19-24,38-40,47H,1-4,9-12,17-18,25-30H2. The Bertz CT molecular complexity index is 2090. The molecule has 4 aliphatic rings. The Morgan fingerprint density at radius 3 is 1.62 bits per heavy atom. The molecule has 0 radical (unpaired) electrons. The number of benzene rings is 4. The van der Waals surface area contributed by atoms with Gasteiger partial charge in [0.15, 0.2) is 0 Å². The lowest BCUT2D eigenvalue weighted by molar-refractivity contribution is -0.165. The lowest BCUT2D eigenvalue weighted by Gasteiger charge is -2.28. The Kier molecular flexibility index (Phi) is 11.7. The van der Waals surface area contributed by atoms with E-state index in [4.69, 9.17) is 37.9 Å². The minimum absolute atomic E-state index is 0.0645. The first-order valence-electron chi connectivity index (χ1n) is 19.6. The molecule has 0 aromatic heterocycles. The molecule has 8 rings (SSSR count). The van der Waals surface area contributed by atoms with Crippen molar-refractivity contribution in [3.8, 4) is 56.4 Å². The van der Waals surface area contributed by atoms with Crippen molar-refractivity contribution < 1.29 is 37.9 Å². The van der Waals surface area contributed by atoms with Crippen LogP contribution in [0.25, 0.3) is 33.4 Å². The average molecular weight is 755 g/mol. The van der Waals surface area contributed by atoms with E-state index >= 15 is 0 Å². The number of hydrogen-bond donors (Lipinski definition) is 0. The van der Waals surface area contributed by atoms with E-state index in [1.807, 2.05) is 30.4 Å². The summed E-state index contributed by atoms with van der Waals surface area (Å²) in [5.74, 6) is 3.22. The molecule has 56 heavy (non-hydrogen) atoms. The average Bonchev–Trinajstić information content (AvgIpc) is 4.03. The van der Waals surface area contributed by atoms with Crippen molar-refractivity contribution in [3.05, 3.63) is 134 Å². The molecule has 4 atom stereocenters. The van der Waals surface area contributed by atoms with Gasteiger partial charge in [-0.15, -0.1) is 26.3 Å². The van der Waals surface area contributed by atoms with Crippen LogP contribution in [-0.2, 0) is 44.6 Å². The number of ether oxygens (including phenoxy) is 8. The smallest absolute Gasteiger partial charge is 0.202 e. The number of hydrogen-bond acceptors (Lipinski definition) is 8. The molecule has 8 heteroatoms. The molecule has 0 N–H and O–H groups in total. The van der Waals surface area contributed by atoms with Gasteiger partial charge in [0.25, 0.3) is 0 Å². The third-order valence-electron chi connectivity index (χ3n) is 10.3. The molecular weight excluding hydrogens is 705 g/mol. The molecule has 0 bridgehead atoms. The summed E-state index contributed by atoms with van der Waals surface area (Å²) in [6.45, 7) is 20.6. The molecule has 4 unspecified atom stereocenters. The van der Waals surface area contributed by atoms with Crippen molar-refractivity contribution in [3.63, 3.8) is 0 Å². The Balaban J connectivity index is 1.31. The molecule has 0 spiro atoms. The van der Waals surface area contributed by atoms with Crippen LogP contribution in [-0.4, -0.2) is 70.9 Å². The summed E-state index contributed by atoms with van der Waals surface area (Å²) in [7, 11) is 0. The predicted molar refractivity (Wildman–Crippen MR) is 219 cm³/mol. The first kappa shape index (κ1) is 37.8. The fourth-order valence-corrected chi connectivity index (χ4v) is 6.94. The maximum absolute atomic E-state index is 6.75. The molecule has 4 aromatic carbocycles. The third-order valence-corrected chi connectivity index (χ3v) is 10.3. The second-order valence-electron chi connectivity index (χ2n) is 14.6. The lowest BCUT2D eigenvalue weighted by Crippen LogP contribution is -2.32. The highest BCUT2D eigenvalue weighted by molar-refractivity contribution is 5.91. The van der Waals surface area contributed by atoms with Crippen LogP contribution >= 0.6 is 0 Å². The van der Waals surface area contributed by atoms with Gasteiger partial charge in [-0.25, -0.2) is 0 Å². The van der Waals surface area contributed by atoms with Crippen molar-refractivity contribution >= 4 is 0 Å². The summed E-state index contributed by atoms with van der Waals surface area (Å²) in [6, 6.07) is 21.6. The van der Waals surface area contributed by atoms with E-state index in [1.54, 1.807) is 0 Å². The zero-order chi connectivity index (χ0) is 38.4. The highest BCUT2D eigenvalue weighted by Crippen LogP contribution is 2.46. The lowest BCUT2D eigenvalue weighted by atomic mass is 9.87. The molecule has 4 saturated heterocycles.